The first-order chi connectivity index (χ1) is 34.7. The topological polar surface area (TPSA) is 180 Å². The van der Waals surface area contributed by atoms with E-state index < -0.39 is 113 Å². The molecule has 9 rings (SSSR count). The van der Waals surface area contributed by atoms with Crippen molar-refractivity contribution in [2.24, 2.45) is 29.6 Å². The van der Waals surface area contributed by atoms with Crippen LogP contribution in [0.15, 0.2) is 72.8 Å². The Bertz CT molecular complexity index is 2210. The number of epoxide rings is 1. The van der Waals surface area contributed by atoms with Crippen molar-refractivity contribution in [3.8, 4) is 0 Å². The van der Waals surface area contributed by atoms with E-state index in [0.29, 0.717) is 18.4 Å². The summed E-state index contributed by atoms with van der Waals surface area (Å²) in [6.07, 6.45) is 11.8. The Morgan fingerprint density at radius 3 is 1.89 bits per heavy atom. The third-order valence-corrected chi connectivity index (χ3v) is 18.3. The number of carbonyl (C=O) groups is 3. The lowest BCUT2D eigenvalue weighted by Crippen LogP contribution is -2.77. The Kier molecular flexibility index (Phi) is 16.1. The van der Waals surface area contributed by atoms with Crippen LogP contribution in [0, 0.1) is 29.6 Å². The second-order valence-electron chi connectivity index (χ2n) is 22.9. The van der Waals surface area contributed by atoms with Crippen molar-refractivity contribution in [1.82, 2.24) is 0 Å². The zero-order chi connectivity index (χ0) is 50.9. The number of unbranched alkanes of at least 4 members (excludes halogenated alkanes) is 12. The molecule has 2 spiro atoms. The van der Waals surface area contributed by atoms with Gasteiger partial charge in [-0.1, -0.05) is 173 Å². The molecule has 13 nitrogen and oxygen atoms in total. The number of ether oxygens (including phenoxy) is 7. The highest BCUT2D eigenvalue weighted by molar-refractivity contribution is 5.90. The van der Waals surface area contributed by atoms with Gasteiger partial charge in [0.2, 0.25) is 0 Å². The summed E-state index contributed by atoms with van der Waals surface area (Å²) in [6, 6.07) is 17.2. The van der Waals surface area contributed by atoms with Crippen molar-refractivity contribution in [2.45, 2.75) is 228 Å². The lowest BCUT2D eigenvalue weighted by Gasteiger charge is -2.61. The van der Waals surface area contributed by atoms with Gasteiger partial charge < -0.3 is 48.5 Å². The van der Waals surface area contributed by atoms with E-state index in [-0.39, 0.29) is 36.3 Å². The summed E-state index contributed by atoms with van der Waals surface area (Å²) in [6.45, 7) is 12.1. The molecule has 0 amide bonds. The maximum absolute atomic E-state index is 14.6. The van der Waals surface area contributed by atoms with E-state index in [1.807, 2.05) is 13.8 Å². The van der Waals surface area contributed by atoms with Crippen LogP contribution in [0.4, 0.5) is 0 Å². The molecule has 2 aromatic carbocycles. The molecule has 16 atom stereocenters. The fraction of sp³-hybridized carbons (Fsp3) is 0.712. The minimum absolute atomic E-state index is 0.0308. The lowest BCUT2D eigenvalue weighted by atomic mass is 9.54. The van der Waals surface area contributed by atoms with Gasteiger partial charge in [-0.2, -0.15) is 0 Å². The zero-order valence-electron chi connectivity index (χ0n) is 43.3. The Labute approximate surface area is 427 Å². The van der Waals surface area contributed by atoms with Crippen molar-refractivity contribution in [3.63, 3.8) is 0 Å². The number of esters is 3. The first kappa shape index (κ1) is 53.1. The van der Waals surface area contributed by atoms with Crippen LogP contribution in [0.2, 0.25) is 0 Å². The van der Waals surface area contributed by atoms with Crippen molar-refractivity contribution < 1.29 is 62.9 Å². The summed E-state index contributed by atoms with van der Waals surface area (Å²) in [5.74, 6) is -7.37. The molecule has 2 aromatic rings. The van der Waals surface area contributed by atoms with E-state index in [9.17, 15) is 29.7 Å². The second-order valence-corrected chi connectivity index (χ2v) is 22.9. The summed E-state index contributed by atoms with van der Waals surface area (Å²) in [4.78, 5) is 42.8. The highest BCUT2D eigenvalue weighted by Crippen LogP contribution is 2.75. The molecule has 4 saturated heterocycles. The molecule has 0 unspecified atom stereocenters. The first-order valence-corrected chi connectivity index (χ1v) is 27.9. The second kappa shape index (κ2) is 21.9. The molecule has 3 bridgehead atoms. The van der Waals surface area contributed by atoms with Gasteiger partial charge in [0.1, 0.15) is 60.0 Å². The average Bonchev–Trinajstić information content (AvgIpc) is 4.00. The minimum Gasteiger partial charge on any atom is -0.462 e. The van der Waals surface area contributed by atoms with Crippen molar-refractivity contribution in [3.05, 3.63) is 83.9 Å². The number of rotatable bonds is 21. The van der Waals surface area contributed by atoms with E-state index in [1.165, 1.54) is 57.8 Å². The Balaban J connectivity index is 1.08. The summed E-state index contributed by atoms with van der Waals surface area (Å²) in [5.41, 5.74) is -6.30. The van der Waals surface area contributed by atoms with E-state index in [0.717, 1.165) is 44.9 Å². The molecule has 3 saturated carbocycles. The maximum Gasteiger partial charge on any atom is 0.338 e. The molecule has 0 radical (unpaired) electrons. The Morgan fingerprint density at radius 2 is 1.29 bits per heavy atom. The van der Waals surface area contributed by atoms with Gasteiger partial charge in [-0.05, 0) is 67.4 Å². The van der Waals surface area contributed by atoms with E-state index in [1.54, 1.807) is 60.7 Å². The van der Waals surface area contributed by atoms with Gasteiger partial charge in [-0.3, -0.25) is 4.79 Å². The average molecular weight is 999 g/mol. The van der Waals surface area contributed by atoms with Crippen molar-refractivity contribution in [2.75, 3.05) is 6.61 Å². The highest BCUT2D eigenvalue weighted by Gasteiger charge is 2.92. The van der Waals surface area contributed by atoms with Crippen molar-refractivity contribution in [1.29, 1.82) is 0 Å². The number of fused-ring (bicyclic) bond motifs is 1. The predicted octanol–water partition coefficient (Wildman–Crippen LogP) is 10.1. The molecule has 7 aliphatic rings. The number of hydrogen-bond donors (Lipinski definition) is 3. The normalized spacial score (nSPS) is 39.3. The highest BCUT2D eigenvalue weighted by atomic mass is 16.9. The zero-order valence-corrected chi connectivity index (χ0v) is 43.3. The quantitative estimate of drug-likeness (QED) is 0.0354. The summed E-state index contributed by atoms with van der Waals surface area (Å²) >= 11 is 0. The number of benzene rings is 2. The van der Waals surface area contributed by atoms with E-state index in [2.05, 4.69) is 20.4 Å². The molecule has 3 aliphatic carbocycles. The van der Waals surface area contributed by atoms with E-state index in [4.69, 9.17) is 33.2 Å². The van der Waals surface area contributed by atoms with Crippen LogP contribution in [0.25, 0.3) is 0 Å². The standard InChI is InChI=1S/C59H82O13/c1-6-7-8-9-10-11-12-13-14-15-16-17-28-35-45(61)66-37-56-51(69-56)47-50-55(38(2)3)36-44(67-52(62)41-30-23-20-24-31-41)58(47)48-46(39(4)29-22-18-19-27-34-43(60)59(70-50,71-55)72-58)40(5)49(57(48,65)54(56)64)68-53(63)42-32-25-21-26-33-42/h20-21,23-26,30-33,39-40,43-44,46-51,54,60,64-65H,2,6-19,22,27-29,34-37H2,1,3-5H3/t39-,40+,43-,44-,46+,47-,48-,49+,50+,51-,54-,55+,56-,57-,58+,59+/m0/s1. The molecular formula is C59H82O13. The van der Waals surface area contributed by atoms with Gasteiger partial charge in [0.25, 0.3) is 0 Å². The van der Waals surface area contributed by atoms with Crippen LogP contribution < -0.4 is 0 Å². The first-order valence-electron chi connectivity index (χ1n) is 27.9. The summed E-state index contributed by atoms with van der Waals surface area (Å²) in [7, 11) is 0. The molecule has 4 heterocycles. The number of aliphatic hydroxyl groups is 3. The van der Waals surface area contributed by atoms with Gasteiger partial charge in [-0.15, -0.1) is 0 Å². The smallest absolute Gasteiger partial charge is 0.338 e. The predicted molar refractivity (Wildman–Crippen MR) is 268 cm³/mol. The Hall–Kier alpha value is -3.69. The van der Waals surface area contributed by atoms with Crippen LogP contribution >= 0.6 is 0 Å². The third-order valence-electron chi connectivity index (χ3n) is 18.3. The maximum atomic E-state index is 14.6. The van der Waals surface area contributed by atoms with Crippen LogP contribution in [-0.2, 0) is 38.0 Å². The Morgan fingerprint density at radius 1 is 0.722 bits per heavy atom. The minimum atomic E-state index is -2.39. The molecule has 3 N–H and O–H groups in total. The molecule has 72 heavy (non-hydrogen) atoms. The van der Waals surface area contributed by atoms with Gasteiger partial charge in [0, 0.05) is 18.8 Å². The van der Waals surface area contributed by atoms with Crippen LogP contribution in [0.5, 0.6) is 0 Å². The summed E-state index contributed by atoms with van der Waals surface area (Å²) < 4.78 is 48.0. The monoisotopic (exact) mass is 999 g/mol. The van der Waals surface area contributed by atoms with E-state index >= 15 is 0 Å². The molecule has 7 fully saturated rings. The largest absolute Gasteiger partial charge is 0.462 e. The molecule has 0 aromatic heterocycles. The number of hydrogen-bond acceptors (Lipinski definition) is 13. The SMILES string of the molecule is C=C(C)[C@]12C[C@H](OC(=O)c3ccccc3)[C@@]34O[C@]5(O[C@@H]1[C@H]3[C@@H]1O[C@]1(COC(=O)CCCCCCCCCCCCCCC)[C@H](O)[C@@]1(O)[C@H](OC(=O)c3ccccc3)[C@H](C)[C@@H]([C@@H](C)CCCCCC[C@@H]5O)[C@@H]14)O2. The van der Waals surface area contributed by atoms with Crippen LogP contribution in [0.3, 0.4) is 0 Å². The number of aliphatic hydroxyl groups excluding tert-OH is 2. The van der Waals surface area contributed by atoms with Gasteiger partial charge >= 0.3 is 23.9 Å². The van der Waals surface area contributed by atoms with Gasteiger partial charge in [0.05, 0.1) is 17.0 Å². The van der Waals surface area contributed by atoms with Crippen molar-refractivity contribution >= 4 is 17.9 Å². The molecular weight excluding hydrogens is 917 g/mol. The van der Waals surface area contributed by atoms with Crippen LogP contribution in [-0.4, -0.2) is 105 Å². The lowest BCUT2D eigenvalue weighted by molar-refractivity contribution is -0.460. The van der Waals surface area contributed by atoms with Gasteiger partial charge in [-0.25, -0.2) is 9.59 Å². The summed E-state index contributed by atoms with van der Waals surface area (Å²) in [5, 5.41) is 40.2. The van der Waals surface area contributed by atoms with Gasteiger partial charge in [0.15, 0.2) is 5.60 Å². The third kappa shape index (κ3) is 9.42. The fourth-order valence-corrected chi connectivity index (χ4v) is 14.6. The number of carbonyl (C=O) groups excluding carboxylic acids is 3. The molecule has 4 aliphatic heterocycles. The van der Waals surface area contributed by atoms with Crippen LogP contribution in [0.1, 0.15) is 183 Å². The molecule has 13 heteroatoms. The molecule has 396 valence electrons. The fourth-order valence-electron chi connectivity index (χ4n) is 14.6.